The maximum absolute atomic E-state index is 10.2. The van der Waals surface area contributed by atoms with Crippen LogP contribution in [0.5, 0.6) is 0 Å². The minimum atomic E-state index is -0.759. The fourth-order valence-corrected chi connectivity index (χ4v) is 2.29. The van der Waals surface area contributed by atoms with Crippen molar-refractivity contribution in [2.24, 2.45) is 0 Å². The molecule has 1 N–H and O–H groups in total. The molecule has 17 heavy (non-hydrogen) atoms. The summed E-state index contributed by atoms with van der Waals surface area (Å²) in [6, 6.07) is 1.96. The molecule has 2 atom stereocenters. The number of furan rings is 1. The number of ether oxygens (including phenoxy) is 2. The van der Waals surface area contributed by atoms with Crippen molar-refractivity contribution in [3.05, 3.63) is 23.2 Å². The van der Waals surface area contributed by atoms with E-state index < -0.39 is 6.10 Å². The highest BCUT2D eigenvalue weighted by atomic mass is 16.5. The molecule has 1 aliphatic rings. The quantitative estimate of drug-likeness (QED) is 0.853. The number of aliphatic hydroxyl groups is 1. The molecule has 4 nitrogen and oxygen atoms in total. The molecule has 0 aliphatic heterocycles. The lowest BCUT2D eigenvalue weighted by Crippen LogP contribution is -2.25. The average Bonchev–Trinajstić information content (AvgIpc) is 2.78. The van der Waals surface area contributed by atoms with Gasteiger partial charge in [-0.3, -0.25) is 0 Å². The number of methoxy groups -OCH3 is 2. The number of fused-ring (bicyclic) bond motifs is 1. The van der Waals surface area contributed by atoms with Gasteiger partial charge in [-0.2, -0.15) is 0 Å². The molecule has 0 spiro atoms. The fourth-order valence-electron chi connectivity index (χ4n) is 2.29. The van der Waals surface area contributed by atoms with Crippen LogP contribution in [0.4, 0.5) is 0 Å². The molecule has 2 rings (SSSR count). The lowest BCUT2D eigenvalue weighted by atomic mass is 9.98. The molecule has 0 radical (unpaired) electrons. The largest absolute Gasteiger partial charge is 0.463 e. The molecule has 1 aromatic rings. The highest BCUT2D eigenvalue weighted by Gasteiger charge is 2.26. The van der Waals surface area contributed by atoms with Gasteiger partial charge in [-0.1, -0.05) is 0 Å². The van der Waals surface area contributed by atoms with Gasteiger partial charge in [0.1, 0.15) is 23.7 Å². The SMILES string of the molecule is COC[C@@H](OC)[C@@H](O)c1cc2c(o1)CCCC2. The van der Waals surface area contributed by atoms with Gasteiger partial charge in [0.25, 0.3) is 0 Å². The Kier molecular flexibility index (Phi) is 4.20. The third kappa shape index (κ3) is 2.70. The van der Waals surface area contributed by atoms with Crippen LogP contribution >= 0.6 is 0 Å². The summed E-state index contributed by atoms with van der Waals surface area (Å²) in [5.41, 5.74) is 1.23. The van der Waals surface area contributed by atoms with Gasteiger partial charge >= 0.3 is 0 Å². The van der Waals surface area contributed by atoms with Crippen LogP contribution in [0.3, 0.4) is 0 Å². The predicted molar refractivity (Wildman–Crippen MR) is 63.0 cm³/mol. The van der Waals surface area contributed by atoms with E-state index >= 15 is 0 Å². The van der Waals surface area contributed by atoms with Gasteiger partial charge < -0.3 is 19.0 Å². The van der Waals surface area contributed by atoms with E-state index in [0.29, 0.717) is 12.4 Å². The molecule has 0 unspecified atom stereocenters. The Labute approximate surface area is 102 Å². The summed E-state index contributed by atoms with van der Waals surface area (Å²) in [6.45, 7) is 0.350. The molecule has 0 saturated heterocycles. The van der Waals surface area contributed by atoms with Crippen molar-refractivity contribution in [3.8, 4) is 0 Å². The summed E-state index contributed by atoms with van der Waals surface area (Å²) >= 11 is 0. The number of aryl methyl sites for hydroxylation is 2. The average molecular weight is 240 g/mol. The Bertz CT molecular complexity index is 335. The maximum Gasteiger partial charge on any atom is 0.140 e. The van der Waals surface area contributed by atoms with Crippen molar-refractivity contribution in [1.29, 1.82) is 0 Å². The molecular weight excluding hydrogens is 220 g/mol. The molecular formula is C13H20O4. The first-order valence-corrected chi connectivity index (χ1v) is 6.07. The first kappa shape index (κ1) is 12.6. The Morgan fingerprint density at radius 3 is 2.76 bits per heavy atom. The first-order valence-electron chi connectivity index (χ1n) is 6.07. The molecule has 1 heterocycles. The summed E-state index contributed by atoms with van der Waals surface area (Å²) in [4.78, 5) is 0. The van der Waals surface area contributed by atoms with E-state index in [4.69, 9.17) is 13.9 Å². The van der Waals surface area contributed by atoms with Gasteiger partial charge in [0.15, 0.2) is 0 Å². The summed E-state index contributed by atoms with van der Waals surface area (Å²) < 4.78 is 15.9. The second kappa shape index (κ2) is 5.67. The zero-order valence-electron chi connectivity index (χ0n) is 10.4. The van der Waals surface area contributed by atoms with Crippen molar-refractivity contribution in [3.63, 3.8) is 0 Å². The molecule has 0 amide bonds. The van der Waals surface area contributed by atoms with Gasteiger partial charge in [-0.05, 0) is 30.9 Å². The second-order valence-electron chi connectivity index (χ2n) is 4.48. The predicted octanol–water partition coefficient (Wildman–Crippen LogP) is 1.85. The molecule has 1 aromatic heterocycles. The van der Waals surface area contributed by atoms with Crippen LogP contribution < -0.4 is 0 Å². The number of aliphatic hydroxyl groups excluding tert-OH is 1. The summed E-state index contributed by atoms with van der Waals surface area (Å²) in [5.74, 6) is 1.62. The highest BCUT2D eigenvalue weighted by Crippen LogP contribution is 2.29. The van der Waals surface area contributed by atoms with Crippen LogP contribution in [0.25, 0.3) is 0 Å². The summed E-state index contributed by atoms with van der Waals surface area (Å²) in [7, 11) is 3.15. The Balaban J connectivity index is 2.12. The van der Waals surface area contributed by atoms with Crippen molar-refractivity contribution in [2.75, 3.05) is 20.8 Å². The van der Waals surface area contributed by atoms with E-state index in [-0.39, 0.29) is 6.10 Å². The monoisotopic (exact) mass is 240 g/mol. The lowest BCUT2D eigenvalue weighted by Gasteiger charge is -2.18. The maximum atomic E-state index is 10.2. The van der Waals surface area contributed by atoms with Crippen molar-refractivity contribution in [2.45, 2.75) is 37.9 Å². The third-order valence-electron chi connectivity index (χ3n) is 3.29. The zero-order valence-corrected chi connectivity index (χ0v) is 10.4. The smallest absolute Gasteiger partial charge is 0.140 e. The van der Waals surface area contributed by atoms with E-state index in [2.05, 4.69) is 0 Å². The molecule has 0 bridgehead atoms. The van der Waals surface area contributed by atoms with Crippen molar-refractivity contribution >= 4 is 0 Å². The molecule has 0 aromatic carbocycles. The van der Waals surface area contributed by atoms with Gasteiger partial charge in [-0.25, -0.2) is 0 Å². The Hall–Kier alpha value is -0.840. The Morgan fingerprint density at radius 2 is 2.12 bits per heavy atom. The minimum Gasteiger partial charge on any atom is -0.463 e. The fraction of sp³-hybridized carbons (Fsp3) is 0.692. The number of hydrogen-bond donors (Lipinski definition) is 1. The molecule has 0 fully saturated rings. The van der Waals surface area contributed by atoms with Gasteiger partial charge in [0, 0.05) is 20.6 Å². The number of rotatable bonds is 5. The minimum absolute atomic E-state index is 0.350. The van der Waals surface area contributed by atoms with Crippen LogP contribution in [0.2, 0.25) is 0 Å². The van der Waals surface area contributed by atoms with Crippen LogP contribution in [0.15, 0.2) is 10.5 Å². The molecule has 1 aliphatic carbocycles. The second-order valence-corrected chi connectivity index (χ2v) is 4.48. The van der Waals surface area contributed by atoms with Crippen LogP contribution in [0.1, 0.15) is 36.0 Å². The summed E-state index contributed by atoms with van der Waals surface area (Å²) in [6.07, 6.45) is 3.26. The van der Waals surface area contributed by atoms with E-state index in [1.54, 1.807) is 14.2 Å². The summed E-state index contributed by atoms with van der Waals surface area (Å²) in [5, 5.41) is 10.2. The highest BCUT2D eigenvalue weighted by molar-refractivity contribution is 5.25. The van der Waals surface area contributed by atoms with Crippen molar-refractivity contribution in [1.82, 2.24) is 0 Å². The van der Waals surface area contributed by atoms with Crippen molar-refractivity contribution < 1.29 is 19.0 Å². The van der Waals surface area contributed by atoms with E-state index in [1.165, 1.54) is 18.4 Å². The van der Waals surface area contributed by atoms with Gasteiger partial charge in [-0.15, -0.1) is 0 Å². The molecule has 0 saturated carbocycles. The molecule has 96 valence electrons. The standard InChI is InChI=1S/C13H20O4/c1-15-8-12(16-2)13(14)11-7-9-5-3-4-6-10(9)17-11/h7,12-14H,3-6,8H2,1-2H3/t12-,13+/m1/s1. The normalized spacial score (nSPS) is 18.8. The van der Waals surface area contributed by atoms with Crippen LogP contribution in [-0.4, -0.2) is 32.0 Å². The number of hydrogen-bond acceptors (Lipinski definition) is 4. The van der Waals surface area contributed by atoms with Crippen LogP contribution in [-0.2, 0) is 22.3 Å². The third-order valence-corrected chi connectivity index (χ3v) is 3.29. The molecule has 4 heteroatoms. The van der Waals surface area contributed by atoms with E-state index in [9.17, 15) is 5.11 Å². The topological polar surface area (TPSA) is 51.8 Å². The first-order chi connectivity index (χ1) is 8.26. The van der Waals surface area contributed by atoms with Crippen LogP contribution in [0, 0.1) is 0 Å². The van der Waals surface area contributed by atoms with E-state index in [1.807, 2.05) is 6.07 Å². The zero-order chi connectivity index (χ0) is 12.3. The lowest BCUT2D eigenvalue weighted by molar-refractivity contribution is -0.0599. The van der Waals surface area contributed by atoms with Gasteiger partial charge in [0.05, 0.1) is 6.61 Å². The van der Waals surface area contributed by atoms with Gasteiger partial charge in [0.2, 0.25) is 0 Å². The van der Waals surface area contributed by atoms with E-state index in [0.717, 1.165) is 18.6 Å². The Morgan fingerprint density at radius 1 is 1.35 bits per heavy atom.